The molecule has 0 aliphatic heterocycles. The van der Waals surface area contributed by atoms with E-state index in [2.05, 4.69) is 36.4 Å². The molecule has 0 saturated heterocycles. The molecule has 1 aliphatic carbocycles. The summed E-state index contributed by atoms with van der Waals surface area (Å²) in [6, 6.07) is 17.6. The first-order chi connectivity index (χ1) is 17.3. The number of nitrogens with one attached hydrogen (secondary N) is 1. The van der Waals surface area contributed by atoms with Gasteiger partial charge in [0.15, 0.2) is 12.0 Å². The minimum atomic E-state index is -0.140. The number of rotatable bonds is 8. The number of pyridine rings is 1. The number of nitrogens with zero attached hydrogens (tertiary/aromatic N) is 2. The van der Waals surface area contributed by atoms with Gasteiger partial charge in [0.1, 0.15) is 0 Å². The van der Waals surface area contributed by atoms with Crippen molar-refractivity contribution in [2.24, 2.45) is 0 Å². The molecule has 0 unspecified atom stereocenters. The number of phenolic OH excluding ortho intramolecular Hbond substituents is 1. The Morgan fingerprint density at radius 1 is 1.06 bits per heavy atom. The van der Waals surface area contributed by atoms with Crippen molar-refractivity contribution in [1.29, 1.82) is 0 Å². The van der Waals surface area contributed by atoms with Gasteiger partial charge in [0.25, 0.3) is 0 Å². The molecule has 1 heterocycles. The van der Waals surface area contributed by atoms with Crippen molar-refractivity contribution >= 4 is 51.8 Å². The van der Waals surface area contributed by atoms with Gasteiger partial charge in [0.2, 0.25) is 0 Å². The summed E-state index contributed by atoms with van der Waals surface area (Å²) in [5, 5.41) is 14.7. The van der Waals surface area contributed by atoms with Gasteiger partial charge >= 0.3 is 0 Å². The second-order valence-electron chi connectivity index (χ2n) is 9.58. The highest BCUT2D eigenvalue weighted by Crippen LogP contribution is 2.45. The van der Waals surface area contributed by atoms with Crippen molar-refractivity contribution < 1.29 is 9.90 Å². The molecule has 0 spiro atoms. The van der Waals surface area contributed by atoms with Gasteiger partial charge in [-0.15, -0.1) is 0 Å². The van der Waals surface area contributed by atoms with Crippen LogP contribution in [0.25, 0.3) is 22.0 Å². The van der Waals surface area contributed by atoms with Crippen molar-refractivity contribution in [3.8, 4) is 16.9 Å². The Bertz CT molecular complexity index is 1440. The molecule has 0 radical (unpaired) electrons. The minimum absolute atomic E-state index is 0.140. The van der Waals surface area contributed by atoms with Crippen LogP contribution in [0.4, 0.5) is 11.4 Å². The fraction of sp³-hybridized carbons (Fsp3) is 0.241. The van der Waals surface area contributed by atoms with E-state index >= 15 is 0 Å². The first kappa shape index (κ1) is 24.6. The number of carbonyl (C=O) groups is 1. The smallest absolute Gasteiger partial charge is 0.154 e. The summed E-state index contributed by atoms with van der Waals surface area (Å²) >= 11 is 12.4. The van der Waals surface area contributed by atoms with Crippen LogP contribution in [0, 0.1) is 0 Å². The number of aromatic hydroxyl groups is 1. The van der Waals surface area contributed by atoms with Crippen LogP contribution in [0.15, 0.2) is 54.6 Å². The molecule has 1 aromatic heterocycles. The summed E-state index contributed by atoms with van der Waals surface area (Å²) in [5.74, 6) is 0.175. The van der Waals surface area contributed by atoms with Crippen molar-refractivity contribution in [2.75, 3.05) is 26.0 Å². The normalized spacial score (nSPS) is 13.4. The number of phenols is 1. The predicted octanol–water partition coefficient (Wildman–Crippen LogP) is 7.45. The molecular formula is C29H27Cl2N3O2. The van der Waals surface area contributed by atoms with Crippen LogP contribution < -0.4 is 5.32 Å². The molecule has 4 aromatic rings. The minimum Gasteiger partial charge on any atom is -0.505 e. The number of likely N-dealkylation sites (N-methyl/N-ethyl adjacent to an activating group) is 1. The molecule has 2 N–H and O–H groups in total. The van der Waals surface area contributed by atoms with E-state index in [4.69, 9.17) is 28.2 Å². The monoisotopic (exact) mass is 519 g/mol. The van der Waals surface area contributed by atoms with E-state index in [1.807, 2.05) is 30.3 Å². The molecule has 36 heavy (non-hydrogen) atoms. The number of aromatic nitrogens is 1. The van der Waals surface area contributed by atoms with E-state index in [9.17, 15) is 9.90 Å². The highest BCUT2D eigenvalue weighted by Gasteiger charge is 2.30. The standard InChI is InChI=1S/C29H27Cl2N3O2/c1-34(2)11-10-17-4-3-5-21(12-17)32-28-22-13-19(20-14-24(30)29(36)25(31)15-20)8-9-26(22)33-27(18-6-7-18)23(28)16-35/h3-5,8-9,12-16,18,36H,6-7,10-11H2,1-2H3,(H,32,33). The molecule has 3 aromatic carbocycles. The predicted molar refractivity (Wildman–Crippen MR) is 148 cm³/mol. The number of anilines is 2. The Hall–Kier alpha value is -3.12. The lowest BCUT2D eigenvalue weighted by Crippen LogP contribution is -2.15. The second kappa shape index (κ2) is 10.1. The number of halogens is 2. The molecule has 5 rings (SSSR count). The Morgan fingerprint density at radius 2 is 1.81 bits per heavy atom. The van der Waals surface area contributed by atoms with Crippen LogP contribution >= 0.6 is 23.2 Å². The fourth-order valence-electron chi connectivity index (χ4n) is 4.43. The van der Waals surface area contributed by atoms with E-state index in [1.54, 1.807) is 12.1 Å². The zero-order valence-electron chi connectivity index (χ0n) is 20.2. The molecule has 5 nitrogen and oxygen atoms in total. The van der Waals surface area contributed by atoms with E-state index in [0.29, 0.717) is 11.5 Å². The number of fused-ring (bicyclic) bond motifs is 1. The Balaban J connectivity index is 1.64. The zero-order chi connectivity index (χ0) is 25.4. The number of hydrogen-bond acceptors (Lipinski definition) is 5. The zero-order valence-corrected chi connectivity index (χ0v) is 21.7. The van der Waals surface area contributed by atoms with Gasteiger partial charge in [0.05, 0.1) is 32.5 Å². The number of carbonyl (C=O) groups excluding carboxylic acids is 1. The summed E-state index contributed by atoms with van der Waals surface area (Å²) < 4.78 is 0. The Labute approximate surface area is 220 Å². The molecule has 0 amide bonds. The first-order valence-corrected chi connectivity index (χ1v) is 12.7. The van der Waals surface area contributed by atoms with Crippen molar-refractivity contribution in [3.05, 3.63) is 81.5 Å². The van der Waals surface area contributed by atoms with Crippen LogP contribution in [0.3, 0.4) is 0 Å². The lowest BCUT2D eigenvalue weighted by atomic mass is 9.98. The SMILES string of the molecule is CN(C)CCc1cccc(Nc2c(C=O)c(C3CC3)nc3ccc(-c4cc(Cl)c(O)c(Cl)c4)cc23)c1. The first-order valence-electron chi connectivity index (χ1n) is 12.0. The number of benzene rings is 3. The highest BCUT2D eigenvalue weighted by molar-refractivity contribution is 6.37. The lowest BCUT2D eigenvalue weighted by molar-refractivity contribution is 0.112. The molecule has 0 atom stereocenters. The van der Waals surface area contributed by atoms with E-state index in [1.165, 1.54) is 5.56 Å². The van der Waals surface area contributed by atoms with E-state index in [0.717, 1.165) is 71.2 Å². The lowest BCUT2D eigenvalue weighted by Gasteiger charge is -2.17. The molecule has 7 heteroatoms. The van der Waals surface area contributed by atoms with E-state index in [-0.39, 0.29) is 15.8 Å². The van der Waals surface area contributed by atoms with Crippen LogP contribution in [0.5, 0.6) is 5.75 Å². The largest absolute Gasteiger partial charge is 0.505 e. The van der Waals surface area contributed by atoms with Crippen molar-refractivity contribution in [2.45, 2.75) is 25.2 Å². The van der Waals surface area contributed by atoms with Gasteiger partial charge in [-0.25, -0.2) is 0 Å². The third kappa shape index (κ3) is 5.05. The second-order valence-corrected chi connectivity index (χ2v) is 10.4. The third-order valence-corrected chi connectivity index (χ3v) is 7.10. The van der Waals surface area contributed by atoms with Crippen molar-refractivity contribution in [1.82, 2.24) is 9.88 Å². The van der Waals surface area contributed by atoms with E-state index < -0.39 is 0 Å². The van der Waals surface area contributed by atoms with Gasteiger partial charge in [-0.1, -0.05) is 41.4 Å². The molecule has 1 aliphatic rings. The maximum absolute atomic E-state index is 12.4. The van der Waals surface area contributed by atoms with Gasteiger partial charge in [-0.05, 0) is 86.4 Å². The molecule has 1 fully saturated rings. The van der Waals surface area contributed by atoms with Gasteiger partial charge in [0, 0.05) is 23.5 Å². The van der Waals surface area contributed by atoms with Gasteiger partial charge < -0.3 is 15.3 Å². The van der Waals surface area contributed by atoms with Crippen LogP contribution in [0.1, 0.15) is 40.4 Å². The van der Waals surface area contributed by atoms with Gasteiger partial charge in [-0.2, -0.15) is 0 Å². The average molecular weight is 520 g/mol. The van der Waals surface area contributed by atoms with Crippen LogP contribution in [-0.2, 0) is 6.42 Å². The summed E-state index contributed by atoms with van der Waals surface area (Å²) in [7, 11) is 4.13. The van der Waals surface area contributed by atoms with Crippen LogP contribution in [-0.4, -0.2) is 41.9 Å². The summed E-state index contributed by atoms with van der Waals surface area (Å²) in [6.45, 7) is 0.953. The molecule has 0 bridgehead atoms. The number of aldehydes is 1. The third-order valence-electron chi connectivity index (χ3n) is 6.53. The Kier molecular flexibility index (Phi) is 6.89. The summed E-state index contributed by atoms with van der Waals surface area (Å²) in [5.41, 5.74) is 6.77. The van der Waals surface area contributed by atoms with Crippen LogP contribution in [0.2, 0.25) is 10.0 Å². The summed E-state index contributed by atoms with van der Waals surface area (Å²) in [4.78, 5) is 19.4. The van der Waals surface area contributed by atoms with Crippen molar-refractivity contribution in [3.63, 3.8) is 0 Å². The highest BCUT2D eigenvalue weighted by atomic mass is 35.5. The Morgan fingerprint density at radius 3 is 2.47 bits per heavy atom. The van der Waals surface area contributed by atoms with Gasteiger partial charge in [-0.3, -0.25) is 9.78 Å². The fourth-order valence-corrected chi connectivity index (χ4v) is 4.92. The molecule has 1 saturated carbocycles. The molecular weight excluding hydrogens is 493 g/mol. The summed E-state index contributed by atoms with van der Waals surface area (Å²) in [6.07, 6.45) is 3.93. The maximum atomic E-state index is 12.4. The quantitative estimate of drug-likeness (QED) is 0.236. The number of hydrogen-bond donors (Lipinski definition) is 2. The topological polar surface area (TPSA) is 65.5 Å². The average Bonchev–Trinajstić information content (AvgIpc) is 3.71. The molecule has 184 valence electrons. The maximum Gasteiger partial charge on any atom is 0.154 e.